The number of hydrogen-bond donors (Lipinski definition) is 3. The Morgan fingerprint density at radius 3 is 2.60 bits per heavy atom. The summed E-state index contributed by atoms with van der Waals surface area (Å²) >= 11 is 5.56. The van der Waals surface area contributed by atoms with E-state index in [0.717, 1.165) is 0 Å². The van der Waals surface area contributed by atoms with Crippen LogP contribution >= 0.6 is 11.6 Å². The number of halogens is 1. The van der Waals surface area contributed by atoms with E-state index in [1.807, 2.05) is 0 Å². The topological polar surface area (TPSA) is 75.7 Å². The molecule has 1 fully saturated rings. The van der Waals surface area contributed by atoms with E-state index in [0.29, 0.717) is 0 Å². The third-order valence-electron chi connectivity index (χ3n) is 1.52. The summed E-state index contributed by atoms with van der Waals surface area (Å²) < 4.78 is 4.71. The maximum absolute atomic E-state index is 9.12. The Balaban J connectivity index is 2.52. The minimum absolute atomic E-state index is 0.136. The van der Waals surface area contributed by atoms with Gasteiger partial charge in [0.15, 0.2) is 6.29 Å². The summed E-state index contributed by atoms with van der Waals surface area (Å²) in [5, 5.41) is 17.5. The molecule has 60 valence electrons. The van der Waals surface area contributed by atoms with E-state index >= 15 is 0 Å². The largest absolute Gasteiger partial charge is 0.390 e. The van der Waals surface area contributed by atoms with Crippen LogP contribution in [0.1, 0.15) is 0 Å². The molecule has 1 heterocycles. The first-order valence-electron chi connectivity index (χ1n) is 3.00. The third-order valence-corrected chi connectivity index (χ3v) is 1.90. The Morgan fingerprint density at radius 1 is 1.50 bits per heavy atom. The van der Waals surface area contributed by atoms with E-state index in [1.165, 1.54) is 0 Å². The first kappa shape index (κ1) is 8.23. The zero-order chi connectivity index (χ0) is 7.72. The molecular formula is C5H10ClNO3. The zero-order valence-corrected chi connectivity index (χ0v) is 6.03. The lowest BCUT2D eigenvalue weighted by atomic mass is 10.1. The molecule has 1 aliphatic rings. The van der Waals surface area contributed by atoms with Gasteiger partial charge in [0.05, 0.1) is 24.1 Å². The Kier molecular flexibility index (Phi) is 2.49. The lowest BCUT2D eigenvalue weighted by molar-refractivity contribution is -0.163. The highest BCUT2D eigenvalue weighted by molar-refractivity contribution is 6.21. The van der Waals surface area contributed by atoms with Crippen molar-refractivity contribution in [3.63, 3.8) is 0 Å². The minimum Gasteiger partial charge on any atom is -0.390 e. The van der Waals surface area contributed by atoms with Crippen molar-refractivity contribution in [1.82, 2.24) is 0 Å². The van der Waals surface area contributed by atoms with E-state index in [1.54, 1.807) is 0 Å². The molecule has 0 radical (unpaired) electrons. The van der Waals surface area contributed by atoms with Crippen LogP contribution in [0.2, 0.25) is 0 Å². The van der Waals surface area contributed by atoms with Crippen LogP contribution in [0.5, 0.6) is 0 Å². The van der Waals surface area contributed by atoms with Crippen LogP contribution in [0.25, 0.3) is 0 Å². The number of hydrogen-bond acceptors (Lipinski definition) is 4. The number of nitrogens with two attached hydrogens (primary N) is 1. The summed E-state index contributed by atoms with van der Waals surface area (Å²) in [4.78, 5) is 0. The molecule has 0 amide bonds. The summed E-state index contributed by atoms with van der Waals surface area (Å²) in [6.45, 7) is 0.136. The fraction of sp³-hybridized carbons (Fsp3) is 1.00. The van der Waals surface area contributed by atoms with Crippen molar-refractivity contribution < 1.29 is 14.9 Å². The van der Waals surface area contributed by atoms with E-state index < -0.39 is 23.8 Å². The molecule has 1 aliphatic heterocycles. The van der Waals surface area contributed by atoms with Crippen LogP contribution in [0.4, 0.5) is 0 Å². The van der Waals surface area contributed by atoms with E-state index in [2.05, 4.69) is 0 Å². The average molecular weight is 168 g/mol. The third kappa shape index (κ3) is 1.41. The summed E-state index contributed by atoms with van der Waals surface area (Å²) in [5.74, 6) is 0. The molecule has 4 nitrogen and oxygen atoms in total. The van der Waals surface area contributed by atoms with E-state index in [-0.39, 0.29) is 6.61 Å². The van der Waals surface area contributed by atoms with E-state index in [4.69, 9.17) is 32.3 Å². The molecule has 0 aromatic rings. The molecule has 1 saturated heterocycles. The van der Waals surface area contributed by atoms with Gasteiger partial charge in [0.25, 0.3) is 0 Å². The Morgan fingerprint density at radius 2 is 2.10 bits per heavy atom. The maximum atomic E-state index is 9.12. The van der Waals surface area contributed by atoms with Gasteiger partial charge in [0, 0.05) is 0 Å². The molecular weight excluding hydrogens is 158 g/mol. The van der Waals surface area contributed by atoms with Gasteiger partial charge in [0.2, 0.25) is 0 Å². The zero-order valence-electron chi connectivity index (χ0n) is 5.27. The van der Waals surface area contributed by atoms with Gasteiger partial charge in [-0.1, -0.05) is 0 Å². The van der Waals surface area contributed by atoms with Crippen LogP contribution < -0.4 is 5.73 Å². The minimum atomic E-state index is -1.09. The summed E-state index contributed by atoms with van der Waals surface area (Å²) in [5.41, 5.74) is 5.30. The SMILES string of the molecule is N[C@@H]1[C@@H](O)[C@@H](Cl)CO[C@@H]1O. The van der Waals surface area contributed by atoms with Gasteiger partial charge in [-0.25, -0.2) is 0 Å². The Labute approximate surface area is 63.5 Å². The highest BCUT2D eigenvalue weighted by Crippen LogP contribution is 2.15. The lowest BCUT2D eigenvalue weighted by Crippen LogP contribution is -2.55. The molecule has 0 aliphatic carbocycles. The van der Waals surface area contributed by atoms with Gasteiger partial charge in [-0.05, 0) is 0 Å². The van der Waals surface area contributed by atoms with Crippen molar-refractivity contribution in [2.75, 3.05) is 6.61 Å². The smallest absolute Gasteiger partial charge is 0.172 e. The van der Waals surface area contributed by atoms with Crippen LogP contribution in [0.3, 0.4) is 0 Å². The van der Waals surface area contributed by atoms with Crippen LogP contribution in [-0.4, -0.2) is 40.6 Å². The van der Waals surface area contributed by atoms with Gasteiger partial charge in [-0.2, -0.15) is 0 Å². The number of rotatable bonds is 0. The van der Waals surface area contributed by atoms with Crippen molar-refractivity contribution in [3.05, 3.63) is 0 Å². The van der Waals surface area contributed by atoms with Crippen LogP contribution in [0, 0.1) is 0 Å². The van der Waals surface area contributed by atoms with Crippen LogP contribution in [0.15, 0.2) is 0 Å². The highest BCUT2D eigenvalue weighted by atomic mass is 35.5. The number of aliphatic hydroxyl groups is 2. The van der Waals surface area contributed by atoms with Gasteiger partial charge in [-0.15, -0.1) is 11.6 Å². The maximum Gasteiger partial charge on any atom is 0.172 e. The molecule has 10 heavy (non-hydrogen) atoms. The van der Waals surface area contributed by atoms with Crippen molar-refractivity contribution in [2.45, 2.75) is 23.8 Å². The van der Waals surface area contributed by atoms with Gasteiger partial charge >= 0.3 is 0 Å². The first-order valence-corrected chi connectivity index (χ1v) is 3.44. The lowest BCUT2D eigenvalue weighted by Gasteiger charge is -2.32. The Bertz CT molecular complexity index is 109. The second-order valence-corrected chi connectivity index (χ2v) is 2.87. The van der Waals surface area contributed by atoms with Crippen molar-refractivity contribution >= 4 is 11.6 Å². The van der Waals surface area contributed by atoms with Gasteiger partial charge in [-0.3, -0.25) is 0 Å². The van der Waals surface area contributed by atoms with Gasteiger partial charge in [0.1, 0.15) is 0 Å². The van der Waals surface area contributed by atoms with Crippen molar-refractivity contribution in [2.24, 2.45) is 5.73 Å². The quantitative estimate of drug-likeness (QED) is 0.389. The fourth-order valence-corrected chi connectivity index (χ4v) is 1.05. The first-order chi connectivity index (χ1) is 4.63. The molecule has 0 saturated carbocycles. The average Bonchev–Trinajstić information content (AvgIpc) is 1.93. The predicted octanol–water partition coefficient (Wildman–Crippen LogP) is -1.37. The highest BCUT2D eigenvalue weighted by Gasteiger charge is 2.34. The molecule has 0 spiro atoms. The molecule has 0 aromatic carbocycles. The Hall–Kier alpha value is 0.130. The van der Waals surface area contributed by atoms with Crippen molar-refractivity contribution in [3.8, 4) is 0 Å². The number of alkyl halides is 1. The molecule has 0 unspecified atom stereocenters. The normalized spacial score (nSPS) is 49.2. The number of aliphatic hydroxyl groups excluding tert-OH is 2. The fourth-order valence-electron chi connectivity index (χ4n) is 0.810. The number of ether oxygens (including phenoxy) is 1. The van der Waals surface area contributed by atoms with E-state index in [9.17, 15) is 0 Å². The van der Waals surface area contributed by atoms with Crippen molar-refractivity contribution in [1.29, 1.82) is 0 Å². The molecule has 0 aromatic heterocycles. The second-order valence-electron chi connectivity index (χ2n) is 2.31. The molecule has 4 N–H and O–H groups in total. The second kappa shape index (κ2) is 3.02. The molecule has 1 rings (SSSR count). The van der Waals surface area contributed by atoms with Gasteiger partial charge < -0.3 is 20.7 Å². The monoisotopic (exact) mass is 167 g/mol. The standard InChI is InChI=1S/C5H10ClNO3/c6-2-1-10-5(9)3(7)4(2)8/h2-5,8-9H,1,7H2/t2-,3+,4-,5-/m0/s1. The summed E-state index contributed by atoms with van der Waals surface area (Å²) in [6.07, 6.45) is -1.98. The molecule has 4 atom stereocenters. The van der Waals surface area contributed by atoms with Crippen LogP contribution in [-0.2, 0) is 4.74 Å². The summed E-state index contributed by atoms with van der Waals surface area (Å²) in [6, 6.07) is -0.795. The summed E-state index contributed by atoms with van der Waals surface area (Å²) in [7, 11) is 0. The molecule has 5 heteroatoms. The predicted molar refractivity (Wildman–Crippen MR) is 35.6 cm³/mol. The molecule has 0 bridgehead atoms.